The number of hydrogen-bond acceptors (Lipinski definition) is 7. The minimum Gasteiger partial charge on any atom is -0.342 e. The van der Waals surface area contributed by atoms with Gasteiger partial charge in [0.2, 0.25) is 16.9 Å². The molecule has 1 N–H and O–H groups in total. The van der Waals surface area contributed by atoms with Crippen molar-refractivity contribution in [2.24, 2.45) is 0 Å². The molecule has 0 aromatic carbocycles. The van der Waals surface area contributed by atoms with Crippen molar-refractivity contribution >= 4 is 51.4 Å². The second-order valence-corrected chi connectivity index (χ2v) is 10.8. The summed E-state index contributed by atoms with van der Waals surface area (Å²) < 4.78 is 0.722. The van der Waals surface area contributed by atoms with E-state index in [0.717, 1.165) is 60.8 Å². The Morgan fingerprint density at radius 3 is 2.55 bits per heavy atom. The Morgan fingerprint density at radius 2 is 1.86 bits per heavy atom. The smallest absolute Gasteiger partial charge is 0.237 e. The van der Waals surface area contributed by atoms with E-state index < -0.39 is 5.41 Å². The zero-order chi connectivity index (χ0) is 20.1. The summed E-state index contributed by atoms with van der Waals surface area (Å²) in [7, 11) is 0. The lowest BCUT2D eigenvalue weighted by molar-refractivity contribution is -0.128. The molecule has 1 saturated heterocycles. The van der Waals surface area contributed by atoms with E-state index in [-0.39, 0.29) is 11.8 Å². The van der Waals surface area contributed by atoms with Crippen LogP contribution in [-0.4, -0.2) is 45.8 Å². The maximum atomic E-state index is 13.1. The molecule has 1 saturated carbocycles. The van der Waals surface area contributed by atoms with E-state index in [0.29, 0.717) is 10.9 Å². The molecule has 156 valence electrons. The number of nitrogens with zero attached hydrogens (tertiary/aromatic N) is 3. The van der Waals surface area contributed by atoms with Crippen molar-refractivity contribution in [3.8, 4) is 0 Å². The molecule has 2 aliphatic rings. The molecule has 9 heteroatoms. The number of likely N-dealkylation sites (tertiary alicyclic amines) is 1. The van der Waals surface area contributed by atoms with Gasteiger partial charge in [0.05, 0.1) is 11.2 Å². The molecular weight excluding hydrogens is 424 g/mol. The minimum atomic E-state index is -0.435. The quantitative estimate of drug-likeness (QED) is 0.516. The van der Waals surface area contributed by atoms with Crippen LogP contribution in [0, 0.1) is 0 Å². The van der Waals surface area contributed by atoms with Crippen molar-refractivity contribution in [3.05, 3.63) is 22.4 Å². The molecule has 1 aliphatic heterocycles. The Balaban J connectivity index is 1.34. The molecule has 2 aromatic rings. The van der Waals surface area contributed by atoms with Crippen LogP contribution in [0.4, 0.5) is 5.13 Å². The first-order chi connectivity index (χ1) is 14.2. The molecule has 4 rings (SSSR count). The zero-order valence-corrected chi connectivity index (χ0v) is 18.8. The summed E-state index contributed by atoms with van der Waals surface area (Å²) in [5.74, 6) is 0.563. The number of thiophene rings is 1. The summed E-state index contributed by atoms with van der Waals surface area (Å²) in [5, 5.41) is 13.8. The third-order valence-electron chi connectivity index (χ3n) is 5.79. The first-order valence-corrected chi connectivity index (χ1v) is 13.0. The van der Waals surface area contributed by atoms with Gasteiger partial charge in [-0.05, 0) is 37.1 Å². The Hall–Kier alpha value is -1.45. The Morgan fingerprint density at radius 1 is 1.10 bits per heavy atom. The van der Waals surface area contributed by atoms with Gasteiger partial charge in [0.15, 0.2) is 4.34 Å². The van der Waals surface area contributed by atoms with Crippen LogP contribution in [0.5, 0.6) is 0 Å². The van der Waals surface area contributed by atoms with Crippen molar-refractivity contribution in [3.63, 3.8) is 0 Å². The van der Waals surface area contributed by atoms with Gasteiger partial charge in [-0.15, -0.1) is 21.5 Å². The lowest BCUT2D eigenvalue weighted by Crippen LogP contribution is -2.37. The number of anilines is 1. The fraction of sp³-hybridized carbons (Fsp3) is 0.600. The third kappa shape index (κ3) is 4.83. The Labute approximate surface area is 183 Å². The van der Waals surface area contributed by atoms with Gasteiger partial charge in [0.1, 0.15) is 0 Å². The lowest BCUT2D eigenvalue weighted by Gasteiger charge is -2.25. The summed E-state index contributed by atoms with van der Waals surface area (Å²) in [4.78, 5) is 28.7. The number of nitrogens with one attached hydrogen (secondary N) is 1. The molecule has 0 bridgehead atoms. The van der Waals surface area contributed by atoms with E-state index in [1.807, 2.05) is 16.3 Å². The van der Waals surface area contributed by atoms with Gasteiger partial charge in [-0.2, -0.15) is 0 Å². The number of amides is 2. The summed E-state index contributed by atoms with van der Waals surface area (Å²) in [6, 6.07) is 4.07. The van der Waals surface area contributed by atoms with Crippen molar-refractivity contribution < 1.29 is 9.59 Å². The molecule has 0 radical (unpaired) electrons. The van der Waals surface area contributed by atoms with Crippen LogP contribution in [0.25, 0.3) is 0 Å². The second-order valence-electron chi connectivity index (χ2n) is 7.68. The maximum absolute atomic E-state index is 13.1. The first kappa shape index (κ1) is 20.8. The van der Waals surface area contributed by atoms with Crippen molar-refractivity contribution in [1.82, 2.24) is 15.1 Å². The highest BCUT2D eigenvalue weighted by molar-refractivity contribution is 8.01. The molecule has 29 heavy (non-hydrogen) atoms. The largest absolute Gasteiger partial charge is 0.342 e. The molecule has 0 unspecified atom stereocenters. The number of carbonyl (C=O) groups is 2. The summed E-state index contributed by atoms with van der Waals surface area (Å²) in [5.41, 5.74) is -0.435. The average molecular weight is 451 g/mol. The number of hydrogen-bond donors (Lipinski definition) is 1. The van der Waals surface area contributed by atoms with Crippen LogP contribution < -0.4 is 5.32 Å². The number of rotatable bonds is 6. The summed E-state index contributed by atoms with van der Waals surface area (Å²) in [6.45, 7) is 1.73. The van der Waals surface area contributed by atoms with Crippen LogP contribution >= 0.6 is 34.4 Å². The summed E-state index contributed by atoms with van der Waals surface area (Å²) in [6.07, 6.45) is 8.51. The van der Waals surface area contributed by atoms with Gasteiger partial charge in [-0.3, -0.25) is 14.9 Å². The van der Waals surface area contributed by atoms with Crippen molar-refractivity contribution in [2.75, 3.05) is 24.2 Å². The highest BCUT2D eigenvalue weighted by atomic mass is 32.2. The molecule has 6 nitrogen and oxygen atoms in total. The first-order valence-electron chi connectivity index (χ1n) is 10.3. The highest BCUT2D eigenvalue weighted by Gasteiger charge is 2.43. The molecule has 2 aromatic heterocycles. The molecule has 1 aliphatic carbocycles. The molecule has 2 amide bonds. The highest BCUT2D eigenvalue weighted by Crippen LogP contribution is 2.44. The van der Waals surface area contributed by atoms with Crippen molar-refractivity contribution in [2.45, 2.75) is 61.1 Å². The average Bonchev–Trinajstić information content (AvgIpc) is 3.46. The van der Waals surface area contributed by atoms with Gasteiger partial charge < -0.3 is 4.90 Å². The number of aromatic nitrogens is 2. The van der Waals surface area contributed by atoms with Gasteiger partial charge in [0.25, 0.3) is 0 Å². The van der Waals surface area contributed by atoms with E-state index in [4.69, 9.17) is 0 Å². The SMILES string of the molecule is O=C(CSc1nnc(NC(=O)C2(c3cccs3)CCCC2)s1)N1CCCCCC1. The molecule has 0 spiro atoms. The van der Waals surface area contributed by atoms with E-state index in [2.05, 4.69) is 21.6 Å². The predicted molar refractivity (Wildman–Crippen MR) is 119 cm³/mol. The Bertz CT molecular complexity index is 823. The van der Waals surface area contributed by atoms with Gasteiger partial charge in [-0.25, -0.2) is 0 Å². The standard InChI is InChI=1S/C20H26N4O2S3/c25-16(24-11-5-1-2-6-12-24)14-28-19-23-22-18(29-19)21-17(26)20(9-3-4-10-20)15-8-7-13-27-15/h7-8,13H,1-6,9-12,14H2,(H,21,22,26). The molecule has 2 fully saturated rings. The molecular formula is C20H26N4O2S3. The van der Waals surface area contributed by atoms with E-state index in [1.54, 1.807) is 11.3 Å². The van der Waals surface area contributed by atoms with E-state index >= 15 is 0 Å². The fourth-order valence-corrected chi connectivity index (χ4v) is 6.82. The van der Waals surface area contributed by atoms with Crippen molar-refractivity contribution in [1.29, 1.82) is 0 Å². The zero-order valence-electron chi connectivity index (χ0n) is 16.4. The minimum absolute atomic E-state index is 0.0193. The summed E-state index contributed by atoms with van der Waals surface area (Å²) >= 11 is 4.41. The molecule has 0 atom stereocenters. The van der Waals surface area contributed by atoms with Crippen LogP contribution in [-0.2, 0) is 15.0 Å². The predicted octanol–water partition coefficient (Wildman–Crippen LogP) is 4.54. The number of carbonyl (C=O) groups excluding carboxylic acids is 2. The fourth-order valence-electron chi connectivity index (χ4n) is 4.18. The third-order valence-corrected chi connectivity index (χ3v) is 8.82. The van der Waals surface area contributed by atoms with Gasteiger partial charge in [0, 0.05) is 18.0 Å². The van der Waals surface area contributed by atoms with Crippen LogP contribution in [0.3, 0.4) is 0 Å². The maximum Gasteiger partial charge on any atom is 0.237 e. The monoisotopic (exact) mass is 450 g/mol. The van der Waals surface area contributed by atoms with Crippen LogP contribution in [0.15, 0.2) is 21.9 Å². The van der Waals surface area contributed by atoms with E-state index in [9.17, 15) is 9.59 Å². The normalized spacial score (nSPS) is 19.1. The van der Waals surface area contributed by atoms with Crippen LogP contribution in [0.2, 0.25) is 0 Å². The van der Waals surface area contributed by atoms with Gasteiger partial charge in [-0.1, -0.05) is 54.8 Å². The van der Waals surface area contributed by atoms with Gasteiger partial charge >= 0.3 is 0 Å². The van der Waals surface area contributed by atoms with E-state index in [1.165, 1.54) is 35.9 Å². The topological polar surface area (TPSA) is 75.2 Å². The lowest BCUT2D eigenvalue weighted by atomic mass is 9.83. The second kappa shape index (κ2) is 9.57. The number of thioether (sulfide) groups is 1. The molecule has 3 heterocycles. The van der Waals surface area contributed by atoms with Crippen LogP contribution in [0.1, 0.15) is 56.2 Å². The Kier molecular flexibility index (Phi) is 6.87.